The van der Waals surface area contributed by atoms with Crippen molar-refractivity contribution >= 4 is 63.2 Å². The first-order valence-electron chi connectivity index (χ1n) is 6.55. The Bertz CT molecular complexity index is 653. The van der Waals surface area contributed by atoms with E-state index in [2.05, 4.69) is 10.3 Å². The van der Waals surface area contributed by atoms with Crippen LogP contribution >= 0.6 is 47.2 Å². The number of benzene rings is 1. The number of hydrogen-bond donors (Lipinski definition) is 2. The minimum Gasteiger partial charge on any atom is -0.370 e. The molecule has 1 aromatic carbocycles. The zero-order valence-electron chi connectivity index (χ0n) is 13.1. The van der Waals surface area contributed by atoms with E-state index in [1.807, 2.05) is 6.92 Å². The molecule has 0 aliphatic carbocycles. The maximum atomic E-state index is 11.6. The van der Waals surface area contributed by atoms with E-state index in [4.69, 9.17) is 28.9 Å². The van der Waals surface area contributed by atoms with Crippen LogP contribution < -0.4 is 11.1 Å². The Morgan fingerprint density at radius 2 is 2.00 bits per heavy atom. The third-order valence-electron chi connectivity index (χ3n) is 2.98. The van der Waals surface area contributed by atoms with Crippen molar-refractivity contribution in [1.82, 2.24) is 9.62 Å². The predicted molar refractivity (Wildman–Crippen MR) is 107 cm³/mol. The summed E-state index contributed by atoms with van der Waals surface area (Å²) in [5, 5.41) is 4.04. The highest BCUT2D eigenvalue weighted by molar-refractivity contribution is 14.0. The lowest BCUT2D eigenvalue weighted by Gasteiger charge is -2.16. The second-order valence-corrected chi connectivity index (χ2v) is 8.04. The highest BCUT2D eigenvalue weighted by atomic mass is 127. The average Bonchev–Trinajstić information content (AvgIpc) is 2.37. The highest BCUT2D eigenvalue weighted by Gasteiger charge is 2.13. The Balaban J connectivity index is 0.00000484. The Morgan fingerprint density at radius 3 is 2.52 bits per heavy atom. The van der Waals surface area contributed by atoms with Crippen LogP contribution in [0.4, 0.5) is 0 Å². The van der Waals surface area contributed by atoms with Gasteiger partial charge in [0.05, 0.1) is 18.3 Å². The fourth-order valence-electron chi connectivity index (χ4n) is 1.66. The van der Waals surface area contributed by atoms with Crippen molar-refractivity contribution in [3.8, 4) is 0 Å². The van der Waals surface area contributed by atoms with Gasteiger partial charge in [-0.2, -0.15) is 0 Å². The molecule has 132 valence electrons. The third kappa shape index (κ3) is 7.42. The summed E-state index contributed by atoms with van der Waals surface area (Å²) in [6.07, 6.45) is 0. The molecule has 0 fully saturated rings. The number of guanidine groups is 1. The smallest absolute Gasteiger partial charge is 0.215 e. The zero-order chi connectivity index (χ0) is 16.9. The van der Waals surface area contributed by atoms with Crippen LogP contribution in [-0.2, 0) is 10.0 Å². The van der Waals surface area contributed by atoms with Crippen LogP contribution in [0, 0.1) is 0 Å². The summed E-state index contributed by atoms with van der Waals surface area (Å²) >= 11 is 12.0. The number of nitrogens with one attached hydrogen (secondary N) is 1. The Kier molecular flexibility index (Phi) is 9.75. The van der Waals surface area contributed by atoms with E-state index in [1.165, 1.54) is 14.1 Å². The lowest BCUT2D eigenvalue weighted by Crippen LogP contribution is -2.35. The first kappa shape index (κ1) is 22.7. The number of hydrogen-bond acceptors (Lipinski definition) is 3. The molecule has 3 N–H and O–H groups in total. The summed E-state index contributed by atoms with van der Waals surface area (Å²) < 4.78 is 24.4. The summed E-state index contributed by atoms with van der Waals surface area (Å²) in [4.78, 5) is 4.01. The molecule has 0 saturated carbocycles. The normalized spacial score (nSPS) is 13.6. The Hall–Kier alpha value is -0.290. The highest BCUT2D eigenvalue weighted by Crippen LogP contribution is 2.25. The van der Waals surface area contributed by atoms with E-state index in [0.717, 1.165) is 9.87 Å². The van der Waals surface area contributed by atoms with E-state index in [0.29, 0.717) is 10.0 Å². The van der Waals surface area contributed by atoms with Gasteiger partial charge in [-0.15, -0.1) is 24.0 Å². The maximum Gasteiger partial charge on any atom is 0.215 e. The van der Waals surface area contributed by atoms with Gasteiger partial charge in [-0.3, -0.25) is 4.99 Å². The molecule has 1 rings (SSSR count). The second-order valence-electron chi connectivity index (χ2n) is 4.90. The first-order chi connectivity index (χ1) is 10.1. The fraction of sp³-hybridized carbons (Fsp3) is 0.462. The summed E-state index contributed by atoms with van der Waals surface area (Å²) in [7, 11) is -0.324. The molecule has 0 aliphatic rings. The number of aliphatic imine (C=N–C) groups is 1. The lowest BCUT2D eigenvalue weighted by atomic mass is 10.1. The molecule has 0 aromatic heterocycles. The van der Waals surface area contributed by atoms with Crippen LogP contribution in [0.3, 0.4) is 0 Å². The summed E-state index contributed by atoms with van der Waals surface area (Å²) in [6, 6.07) is 5.00. The zero-order valence-corrected chi connectivity index (χ0v) is 17.7. The van der Waals surface area contributed by atoms with Gasteiger partial charge < -0.3 is 11.1 Å². The number of nitrogens with zero attached hydrogens (tertiary/aromatic N) is 2. The Morgan fingerprint density at radius 1 is 1.39 bits per heavy atom. The lowest BCUT2D eigenvalue weighted by molar-refractivity contribution is 0.521. The molecular formula is C13H21Cl2IN4O2S. The minimum atomic E-state index is -3.28. The number of sulfonamides is 1. The largest absolute Gasteiger partial charge is 0.370 e. The minimum absolute atomic E-state index is 0. The third-order valence-corrected chi connectivity index (χ3v) is 5.35. The Labute approximate surface area is 164 Å². The van der Waals surface area contributed by atoms with Crippen LogP contribution in [0.5, 0.6) is 0 Å². The van der Waals surface area contributed by atoms with E-state index in [-0.39, 0.29) is 48.3 Å². The van der Waals surface area contributed by atoms with Crippen LogP contribution in [0.1, 0.15) is 18.5 Å². The molecular weight excluding hydrogens is 474 g/mol. The molecule has 0 amide bonds. The molecule has 0 spiro atoms. The van der Waals surface area contributed by atoms with E-state index in [1.54, 1.807) is 18.2 Å². The van der Waals surface area contributed by atoms with E-state index >= 15 is 0 Å². The fourth-order valence-corrected chi connectivity index (χ4v) is 2.92. The van der Waals surface area contributed by atoms with Gasteiger partial charge in [-0.1, -0.05) is 29.3 Å². The van der Waals surface area contributed by atoms with Crippen LogP contribution in [0.15, 0.2) is 23.2 Å². The quantitative estimate of drug-likeness (QED) is 0.361. The monoisotopic (exact) mass is 494 g/mol. The molecule has 0 saturated heterocycles. The maximum absolute atomic E-state index is 11.6. The van der Waals surface area contributed by atoms with Crippen LogP contribution in [0.2, 0.25) is 10.0 Å². The van der Waals surface area contributed by atoms with Crippen LogP contribution in [-0.4, -0.2) is 45.1 Å². The standard InChI is InChI=1S/C13H20Cl2N4O2S.HI/c1-9(11-5-4-10(14)8-12(11)15)18-13(16)17-6-7-22(20,21)19(2)3;/h4-5,8-9H,6-7H2,1-3H3,(H3,16,17,18);1H. The van der Waals surface area contributed by atoms with Gasteiger partial charge >= 0.3 is 0 Å². The molecule has 0 aliphatic heterocycles. The number of halogens is 3. The summed E-state index contributed by atoms with van der Waals surface area (Å²) in [5.41, 5.74) is 6.58. The van der Waals surface area contributed by atoms with Gasteiger partial charge in [0.1, 0.15) is 0 Å². The summed E-state index contributed by atoms with van der Waals surface area (Å²) in [5.74, 6) is 0.0609. The molecule has 1 unspecified atom stereocenters. The van der Waals surface area contributed by atoms with E-state index < -0.39 is 10.0 Å². The first-order valence-corrected chi connectivity index (χ1v) is 8.91. The van der Waals surface area contributed by atoms with Crippen molar-refractivity contribution in [2.24, 2.45) is 10.7 Å². The molecule has 0 bridgehead atoms. The van der Waals surface area contributed by atoms with Crippen molar-refractivity contribution in [3.63, 3.8) is 0 Å². The number of rotatable bonds is 6. The molecule has 10 heteroatoms. The SMILES string of the molecule is CC(NC(N)=NCCS(=O)(=O)N(C)C)c1ccc(Cl)cc1Cl.I. The number of nitrogens with two attached hydrogens (primary N) is 1. The van der Waals surface area contributed by atoms with Gasteiger partial charge in [0, 0.05) is 24.1 Å². The van der Waals surface area contributed by atoms with Gasteiger partial charge in [0.25, 0.3) is 0 Å². The van der Waals surface area contributed by atoms with Crippen molar-refractivity contribution in [3.05, 3.63) is 33.8 Å². The van der Waals surface area contributed by atoms with Gasteiger partial charge in [-0.05, 0) is 24.6 Å². The van der Waals surface area contributed by atoms with Crippen molar-refractivity contribution in [2.75, 3.05) is 26.4 Å². The van der Waals surface area contributed by atoms with Gasteiger partial charge in [0.15, 0.2) is 5.96 Å². The van der Waals surface area contributed by atoms with Crippen molar-refractivity contribution in [2.45, 2.75) is 13.0 Å². The molecule has 6 nitrogen and oxygen atoms in total. The predicted octanol–water partition coefficient (Wildman–Crippen LogP) is 2.47. The molecule has 23 heavy (non-hydrogen) atoms. The van der Waals surface area contributed by atoms with Crippen molar-refractivity contribution in [1.29, 1.82) is 0 Å². The molecule has 1 aromatic rings. The van der Waals surface area contributed by atoms with Crippen molar-refractivity contribution < 1.29 is 8.42 Å². The average molecular weight is 495 g/mol. The topological polar surface area (TPSA) is 87.8 Å². The van der Waals surface area contributed by atoms with Crippen LogP contribution in [0.25, 0.3) is 0 Å². The van der Waals surface area contributed by atoms with Gasteiger partial charge in [0.2, 0.25) is 10.0 Å². The second kappa shape index (κ2) is 9.87. The molecule has 0 radical (unpaired) electrons. The molecule has 1 atom stereocenters. The summed E-state index contributed by atoms with van der Waals surface area (Å²) in [6.45, 7) is 1.95. The van der Waals surface area contributed by atoms with Gasteiger partial charge in [-0.25, -0.2) is 12.7 Å². The molecule has 0 heterocycles. The van der Waals surface area contributed by atoms with E-state index in [9.17, 15) is 8.42 Å².